The highest BCUT2D eigenvalue weighted by Crippen LogP contribution is 2.09. The fraction of sp³-hybridized carbons (Fsp3) is 0.300. The third kappa shape index (κ3) is 0.998. The summed E-state index contributed by atoms with van der Waals surface area (Å²) in [4.78, 5) is 4.23. The summed E-state index contributed by atoms with van der Waals surface area (Å²) in [6.07, 6.45) is 5.08. The average molecular weight is 160 g/mol. The first kappa shape index (κ1) is 7.35. The van der Waals surface area contributed by atoms with E-state index in [2.05, 4.69) is 34.6 Å². The monoisotopic (exact) mass is 160 g/mol. The third-order valence-corrected chi connectivity index (χ3v) is 2.19. The summed E-state index contributed by atoms with van der Waals surface area (Å²) in [6, 6.07) is 4.32. The lowest BCUT2D eigenvalue weighted by molar-refractivity contribution is 1.03. The molecule has 0 unspecified atom stereocenters. The highest BCUT2D eigenvalue weighted by molar-refractivity contribution is 5.48. The third-order valence-electron chi connectivity index (χ3n) is 2.19. The van der Waals surface area contributed by atoms with Gasteiger partial charge in [-0.25, -0.2) is 4.98 Å². The molecule has 0 amide bonds. The molecule has 2 heterocycles. The maximum absolute atomic E-state index is 4.23. The van der Waals surface area contributed by atoms with Crippen LogP contribution < -0.4 is 0 Å². The van der Waals surface area contributed by atoms with Crippen LogP contribution in [-0.2, 0) is 6.42 Å². The SMILES string of the molecule is CCc1ccn2c(C)ncc2c1. The van der Waals surface area contributed by atoms with E-state index in [4.69, 9.17) is 0 Å². The van der Waals surface area contributed by atoms with Gasteiger partial charge in [-0.3, -0.25) is 0 Å². The largest absolute Gasteiger partial charge is 0.304 e. The van der Waals surface area contributed by atoms with Crippen molar-refractivity contribution in [2.24, 2.45) is 0 Å². The van der Waals surface area contributed by atoms with Crippen molar-refractivity contribution in [3.8, 4) is 0 Å². The summed E-state index contributed by atoms with van der Waals surface area (Å²) < 4.78 is 2.10. The van der Waals surface area contributed by atoms with Crippen molar-refractivity contribution in [3.63, 3.8) is 0 Å². The van der Waals surface area contributed by atoms with E-state index in [1.807, 2.05) is 13.1 Å². The van der Waals surface area contributed by atoms with Crippen molar-refractivity contribution < 1.29 is 0 Å². The van der Waals surface area contributed by atoms with E-state index in [0.717, 1.165) is 12.2 Å². The van der Waals surface area contributed by atoms with E-state index in [1.165, 1.54) is 11.1 Å². The second-order valence-electron chi connectivity index (χ2n) is 2.99. The molecule has 2 aromatic rings. The summed E-state index contributed by atoms with van der Waals surface area (Å²) >= 11 is 0. The number of aromatic nitrogens is 2. The van der Waals surface area contributed by atoms with Crippen LogP contribution in [-0.4, -0.2) is 9.38 Å². The average Bonchev–Trinajstić information content (AvgIpc) is 2.47. The van der Waals surface area contributed by atoms with Crippen LogP contribution in [0, 0.1) is 6.92 Å². The number of pyridine rings is 1. The van der Waals surface area contributed by atoms with E-state index in [1.54, 1.807) is 0 Å². The Labute approximate surface area is 71.9 Å². The molecule has 0 N–H and O–H groups in total. The van der Waals surface area contributed by atoms with Crippen LogP contribution in [0.1, 0.15) is 18.3 Å². The fourth-order valence-electron chi connectivity index (χ4n) is 1.40. The predicted molar refractivity (Wildman–Crippen MR) is 49.3 cm³/mol. The zero-order chi connectivity index (χ0) is 8.55. The van der Waals surface area contributed by atoms with Gasteiger partial charge in [0.05, 0.1) is 11.7 Å². The standard InChI is InChI=1S/C10H12N2/c1-3-9-4-5-12-8(2)11-7-10(12)6-9/h4-7H,3H2,1-2H3. The lowest BCUT2D eigenvalue weighted by atomic mass is 10.2. The first-order chi connectivity index (χ1) is 5.81. The number of nitrogens with zero attached hydrogens (tertiary/aromatic N) is 2. The Morgan fingerprint density at radius 3 is 3.08 bits per heavy atom. The molecule has 0 fully saturated rings. The van der Waals surface area contributed by atoms with Crippen molar-refractivity contribution in [2.75, 3.05) is 0 Å². The van der Waals surface area contributed by atoms with E-state index < -0.39 is 0 Å². The van der Waals surface area contributed by atoms with Gasteiger partial charge in [0.1, 0.15) is 5.82 Å². The quantitative estimate of drug-likeness (QED) is 0.625. The molecule has 0 bridgehead atoms. The van der Waals surface area contributed by atoms with E-state index in [-0.39, 0.29) is 0 Å². The molecule has 0 radical (unpaired) electrons. The Hall–Kier alpha value is -1.31. The van der Waals surface area contributed by atoms with Gasteiger partial charge in [0.25, 0.3) is 0 Å². The minimum atomic E-state index is 1.05. The maximum atomic E-state index is 4.23. The molecular formula is C10H12N2. The highest BCUT2D eigenvalue weighted by Gasteiger charge is 1.97. The van der Waals surface area contributed by atoms with E-state index in [9.17, 15) is 0 Å². The number of imidazole rings is 1. The minimum Gasteiger partial charge on any atom is -0.304 e. The van der Waals surface area contributed by atoms with Gasteiger partial charge in [0.2, 0.25) is 0 Å². The van der Waals surface area contributed by atoms with Crippen LogP contribution >= 0.6 is 0 Å². The van der Waals surface area contributed by atoms with Gasteiger partial charge < -0.3 is 4.40 Å². The number of fused-ring (bicyclic) bond motifs is 1. The Balaban J connectivity index is 2.69. The number of aryl methyl sites for hydroxylation is 2. The summed E-state index contributed by atoms with van der Waals surface area (Å²) in [5.74, 6) is 1.05. The Morgan fingerprint density at radius 1 is 1.50 bits per heavy atom. The van der Waals surface area contributed by atoms with Gasteiger partial charge in [-0.1, -0.05) is 6.92 Å². The molecule has 0 atom stereocenters. The molecule has 0 aromatic carbocycles. The molecule has 0 saturated carbocycles. The molecule has 0 aliphatic rings. The van der Waals surface area contributed by atoms with Crippen LogP contribution in [0.2, 0.25) is 0 Å². The first-order valence-electron chi connectivity index (χ1n) is 4.24. The number of hydrogen-bond acceptors (Lipinski definition) is 1. The van der Waals surface area contributed by atoms with Crippen LogP contribution in [0.3, 0.4) is 0 Å². The van der Waals surface area contributed by atoms with Gasteiger partial charge >= 0.3 is 0 Å². The second kappa shape index (κ2) is 2.63. The summed E-state index contributed by atoms with van der Waals surface area (Å²) in [5, 5.41) is 0. The van der Waals surface area contributed by atoms with Crippen LogP contribution in [0.5, 0.6) is 0 Å². The molecule has 0 aliphatic heterocycles. The molecule has 2 heteroatoms. The zero-order valence-electron chi connectivity index (χ0n) is 7.41. The molecule has 62 valence electrons. The molecule has 12 heavy (non-hydrogen) atoms. The smallest absolute Gasteiger partial charge is 0.110 e. The number of rotatable bonds is 1. The van der Waals surface area contributed by atoms with Gasteiger partial charge in [0.15, 0.2) is 0 Å². The topological polar surface area (TPSA) is 17.3 Å². The first-order valence-corrected chi connectivity index (χ1v) is 4.24. The van der Waals surface area contributed by atoms with Gasteiger partial charge in [-0.15, -0.1) is 0 Å². The van der Waals surface area contributed by atoms with Crippen molar-refractivity contribution in [1.29, 1.82) is 0 Å². The van der Waals surface area contributed by atoms with Gasteiger partial charge in [-0.2, -0.15) is 0 Å². The molecule has 2 rings (SSSR count). The predicted octanol–water partition coefficient (Wildman–Crippen LogP) is 2.21. The lowest BCUT2D eigenvalue weighted by Gasteiger charge is -1.98. The van der Waals surface area contributed by atoms with Gasteiger partial charge in [0, 0.05) is 6.20 Å². The zero-order valence-corrected chi connectivity index (χ0v) is 7.41. The van der Waals surface area contributed by atoms with Crippen LogP contribution in [0.15, 0.2) is 24.5 Å². The van der Waals surface area contributed by atoms with E-state index in [0.29, 0.717) is 0 Å². The fourth-order valence-corrected chi connectivity index (χ4v) is 1.40. The highest BCUT2D eigenvalue weighted by atomic mass is 15.0. The molecule has 2 nitrogen and oxygen atoms in total. The lowest BCUT2D eigenvalue weighted by Crippen LogP contribution is -1.88. The van der Waals surface area contributed by atoms with E-state index >= 15 is 0 Å². The van der Waals surface area contributed by atoms with Crippen LogP contribution in [0.4, 0.5) is 0 Å². The van der Waals surface area contributed by atoms with Gasteiger partial charge in [-0.05, 0) is 31.0 Å². The van der Waals surface area contributed by atoms with Crippen molar-refractivity contribution in [2.45, 2.75) is 20.3 Å². The molecule has 0 spiro atoms. The summed E-state index contributed by atoms with van der Waals surface area (Å²) in [7, 11) is 0. The minimum absolute atomic E-state index is 1.05. The second-order valence-corrected chi connectivity index (χ2v) is 2.99. The Morgan fingerprint density at radius 2 is 2.33 bits per heavy atom. The Kier molecular flexibility index (Phi) is 1.61. The van der Waals surface area contributed by atoms with Crippen molar-refractivity contribution in [1.82, 2.24) is 9.38 Å². The van der Waals surface area contributed by atoms with Crippen molar-refractivity contribution in [3.05, 3.63) is 35.9 Å². The Bertz CT molecular complexity index is 401. The molecule has 0 aliphatic carbocycles. The molecule has 2 aromatic heterocycles. The molecule has 0 saturated heterocycles. The van der Waals surface area contributed by atoms with Crippen molar-refractivity contribution >= 4 is 5.52 Å². The summed E-state index contributed by atoms with van der Waals surface area (Å²) in [5.41, 5.74) is 2.55. The number of hydrogen-bond donors (Lipinski definition) is 0. The maximum Gasteiger partial charge on any atom is 0.110 e. The summed E-state index contributed by atoms with van der Waals surface area (Å²) in [6.45, 7) is 4.17. The molecular weight excluding hydrogens is 148 g/mol. The normalized spacial score (nSPS) is 10.8. The van der Waals surface area contributed by atoms with Crippen LogP contribution in [0.25, 0.3) is 5.52 Å².